The van der Waals surface area contributed by atoms with E-state index in [0.29, 0.717) is 5.56 Å². The molecular formula is C16H17N3O4. The predicted molar refractivity (Wildman–Crippen MR) is 79.9 cm³/mol. The zero-order chi connectivity index (χ0) is 17.2. The van der Waals surface area contributed by atoms with Crippen LogP contribution < -0.4 is 5.32 Å². The Labute approximate surface area is 133 Å². The van der Waals surface area contributed by atoms with E-state index in [1.54, 1.807) is 25.1 Å². The van der Waals surface area contributed by atoms with Crippen LogP contribution in [0.2, 0.25) is 0 Å². The summed E-state index contributed by atoms with van der Waals surface area (Å²) in [6.07, 6.45) is -0.938. The molecule has 120 valence electrons. The van der Waals surface area contributed by atoms with Gasteiger partial charge in [-0.15, -0.1) is 0 Å². The van der Waals surface area contributed by atoms with Crippen LogP contribution in [0, 0.1) is 18.3 Å². The highest BCUT2D eigenvalue weighted by atomic mass is 16.5. The Morgan fingerprint density at radius 2 is 2.00 bits per heavy atom. The van der Waals surface area contributed by atoms with Gasteiger partial charge in [-0.25, -0.2) is 4.79 Å². The summed E-state index contributed by atoms with van der Waals surface area (Å²) in [6.45, 7) is 4.37. The summed E-state index contributed by atoms with van der Waals surface area (Å²) < 4.78 is 4.77. The molecule has 0 radical (unpaired) electrons. The second-order valence-corrected chi connectivity index (χ2v) is 5.57. The Bertz CT molecular complexity index is 692. The second kappa shape index (κ2) is 6.08. The van der Waals surface area contributed by atoms with Crippen LogP contribution in [-0.2, 0) is 19.9 Å². The van der Waals surface area contributed by atoms with E-state index in [4.69, 9.17) is 10.00 Å². The summed E-state index contributed by atoms with van der Waals surface area (Å²) in [7, 11) is 0. The molecule has 1 aromatic carbocycles. The molecule has 1 fully saturated rings. The number of nitrogens with zero attached hydrogens (tertiary/aromatic N) is 2. The highest BCUT2D eigenvalue weighted by Gasteiger charge is 2.49. The average molecular weight is 315 g/mol. The molecule has 2 atom stereocenters. The number of carbonyl (C=O) groups excluding carboxylic acids is 3. The molecule has 7 heteroatoms. The zero-order valence-corrected chi connectivity index (χ0v) is 13.1. The van der Waals surface area contributed by atoms with Crippen molar-refractivity contribution < 1.29 is 19.1 Å². The van der Waals surface area contributed by atoms with E-state index in [0.717, 1.165) is 10.5 Å². The van der Waals surface area contributed by atoms with Crippen molar-refractivity contribution in [3.05, 3.63) is 35.4 Å². The standard InChI is InChI=1S/C16H17N3O4/c1-10-4-6-12(7-5-10)16(3)14(21)19(15(22)18-16)9-13(20)23-11(2)8-17/h4-7,11H,9H2,1-3H3,(H,18,22)/t11-,16+/m1/s1. The van der Waals surface area contributed by atoms with Crippen molar-refractivity contribution in [1.82, 2.24) is 10.2 Å². The normalized spacial score (nSPS) is 21.6. The van der Waals surface area contributed by atoms with Gasteiger partial charge >= 0.3 is 12.0 Å². The van der Waals surface area contributed by atoms with E-state index < -0.39 is 36.1 Å². The number of amides is 3. The van der Waals surface area contributed by atoms with E-state index in [9.17, 15) is 14.4 Å². The number of aryl methyl sites for hydroxylation is 1. The lowest BCUT2D eigenvalue weighted by Crippen LogP contribution is -2.41. The number of hydrogen-bond donors (Lipinski definition) is 1. The maximum absolute atomic E-state index is 12.6. The lowest BCUT2D eigenvalue weighted by Gasteiger charge is -2.22. The third kappa shape index (κ3) is 3.16. The highest BCUT2D eigenvalue weighted by molar-refractivity contribution is 6.08. The van der Waals surface area contributed by atoms with Gasteiger partial charge in [-0.1, -0.05) is 29.8 Å². The fourth-order valence-corrected chi connectivity index (χ4v) is 2.31. The highest BCUT2D eigenvalue weighted by Crippen LogP contribution is 2.28. The molecule has 23 heavy (non-hydrogen) atoms. The predicted octanol–water partition coefficient (Wildman–Crippen LogP) is 1.22. The molecule has 0 aliphatic carbocycles. The van der Waals surface area contributed by atoms with Gasteiger partial charge in [0.05, 0.1) is 0 Å². The molecule has 0 aromatic heterocycles. The van der Waals surface area contributed by atoms with Crippen molar-refractivity contribution >= 4 is 17.9 Å². The summed E-state index contributed by atoms with van der Waals surface area (Å²) in [5.74, 6) is -1.34. The lowest BCUT2D eigenvalue weighted by atomic mass is 9.91. The van der Waals surface area contributed by atoms with Gasteiger partial charge in [-0.2, -0.15) is 5.26 Å². The first-order chi connectivity index (χ1) is 10.8. The summed E-state index contributed by atoms with van der Waals surface area (Å²) >= 11 is 0. The first-order valence-corrected chi connectivity index (χ1v) is 7.08. The van der Waals surface area contributed by atoms with Crippen LogP contribution in [0.1, 0.15) is 25.0 Å². The average Bonchev–Trinajstić information content (AvgIpc) is 2.72. The number of ether oxygens (including phenoxy) is 1. The molecule has 0 saturated carbocycles. The Kier molecular flexibility index (Phi) is 4.36. The summed E-state index contributed by atoms with van der Waals surface area (Å²) in [5, 5.41) is 11.2. The van der Waals surface area contributed by atoms with E-state index in [2.05, 4.69) is 5.32 Å². The molecule has 1 N–H and O–H groups in total. The Hall–Kier alpha value is -2.88. The number of nitrogens with one attached hydrogen (secondary N) is 1. The smallest absolute Gasteiger partial charge is 0.327 e. The van der Waals surface area contributed by atoms with E-state index in [1.807, 2.05) is 19.1 Å². The van der Waals surface area contributed by atoms with Crippen molar-refractivity contribution in [2.24, 2.45) is 0 Å². The Balaban J connectivity index is 2.18. The van der Waals surface area contributed by atoms with Crippen LogP contribution in [0.3, 0.4) is 0 Å². The van der Waals surface area contributed by atoms with Crippen LogP contribution in [0.4, 0.5) is 4.79 Å². The van der Waals surface area contributed by atoms with Gasteiger partial charge in [0, 0.05) is 0 Å². The third-order valence-corrected chi connectivity index (χ3v) is 3.68. The fraction of sp³-hybridized carbons (Fsp3) is 0.375. The minimum absolute atomic E-state index is 0.530. The number of esters is 1. The first kappa shape index (κ1) is 16.5. The van der Waals surface area contributed by atoms with E-state index >= 15 is 0 Å². The Morgan fingerprint density at radius 1 is 1.39 bits per heavy atom. The number of rotatable bonds is 4. The van der Waals surface area contributed by atoms with Gasteiger partial charge in [0.25, 0.3) is 5.91 Å². The molecule has 0 unspecified atom stereocenters. The molecule has 1 aliphatic heterocycles. The van der Waals surface area contributed by atoms with Gasteiger partial charge in [-0.3, -0.25) is 14.5 Å². The number of carbonyl (C=O) groups is 3. The van der Waals surface area contributed by atoms with Crippen LogP contribution >= 0.6 is 0 Å². The molecule has 0 spiro atoms. The largest absolute Gasteiger partial charge is 0.446 e. The maximum atomic E-state index is 12.6. The first-order valence-electron chi connectivity index (χ1n) is 7.08. The summed E-state index contributed by atoms with van der Waals surface area (Å²) in [4.78, 5) is 37.1. The number of nitriles is 1. The van der Waals surface area contributed by atoms with Gasteiger partial charge < -0.3 is 10.1 Å². The fourth-order valence-electron chi connectivity index (χ4n) is 2.31. The van der Waals surface area contributed by atoms with E-state index in [-0.39, 0.29) is 0 Å². The summed E-state index contributed by atoms with van der Waals surface area (Å²) in [6, 6.07) is 8.27. The van der Waals surface area contributed by atoms with Gasteiger partial charge in [0.15, 0.2) is 6.10 Å². The number of urea groups is 1. The molecular weight excluding hydrogens is 298 g/mol. The molecule has 2 rings (SSSR count). The topological polar surface area (TPSA) is 99.5 Å². The molecule has 7 nitrogen and oxygen atoms in total. The molecule has 1 aliphatic rings. The molecule has 1 saturated heterocycles. The number of hydrogen-bond acceptors (Lipinski definition) is 5. The molecule has 1 aromatic rings. The molecule has 3 amide bonds. The van der Waals surface area contributed by atoms with Crippen molar-refractivity contribution in [1.29, 1.82) is 5.26 Å². The minimum Gasteiger partial charge on any atom is -0.446 e. The summed E-state index contributed by atoms with van der Waals surface area (Å²) in [5.41, 5.74) is 0.425. The number of benzene rings is 1. The van der Waals surface area contributed by atoms with E-state index in [1.165, 1.54) is 6.92 Å². The molecule has 1 heterocycles. The van der Waals surface area contributed by atoms with Gasteiger partial charge in [0.2, 0.25) is 0 Å². The van der Waals surface area contributed by atoms with Crippen LogP contribution in [0.15, 0.2) is 24.3 Å². The van der Waals surface area contributed by atoms with Crippen LogP contribution in [0.5, 0.6) is 0 Å². The Morgan fingerprint density at radius 3 is 2.57 bits per heavy atom. The lowest BCUT2D eigenvalue weighted by molar-refractivity contribution is -0.149. The number of imide groups is 1. The van der Waals surface area contributed by atoms with Crippen molar-refractivity contribution in [3.8, 4) is 6.07 Å². The minimum atomic E-state index is -1.23. The second-order valence-electron chi connectivity index (χ2n) is 5.57. The van der Waals surface area contributed by atoms with Crippen molar-refractivity contribution in [3.63, 3.8) is 0 Å². The quantitative estimate of drug-likeness (QED) is 0.665. The van der Waals surface area contributed by atoms with Crippen LogP contribution in [-0.4, -0.2) is 35.5 Å². The van der Waals surface area contributed by atoms with Gasteiger partial charge in [-0.05, 0) is 26.3 Å². The van der Waals surface area contributed by atoms with Crippen molar-refractivity contribution in [2.45, 2.75) is 32.4 Å². The SMILES string of the molecule is Cc1ccc([C@]2(C)NC(=O)N(CC(=O)O[C@H](C)C#N)C2=O)cc1. The molecule has 0 bridgehead atoms. The van der Waals surface area contributed by atoms with Gasteiger partial charge in [0.1, 0.15) is 18.2 Å². The van der Waals surface area contributed by atoms with Crippen molar-refractivity contribution in [2.75, 3.05) is 6.54 Å². The third-order valence-electron chi connectivity index (χ3n) is 3.68. The monoisotopic (exact) mass is 315 g/mol. The zero-order valence-electron chi connectivity index (χ0n) is 13.1. The van der Waals surface area contributed by atoms with Crippen LogP contribution in [0.25, 0.3) is 0 Å². The maximum Gasteiger partial charge on any atom is 0.327 e.